The second kappa shape index (κ2) is 8.33. The highest BCUT2D eigenvalue weighted by molar-refractivity contribution is 6.31. The number of amides is 2. The quantitative estimate of drug-likeness (QED) is 0.511. The average molecular weight is 382 g/mol. The molecule has 2 aromatic carbocycles. The molecular weight excluding hydrogens is 366 g/mol. The molecule has 3 aromatic rings. The number of furan rings is 1. The lowest BCUT2D eigenvalue weighted by Crippen LogP contribution is -2.18. The molecule has 1 heterocycles. The van der Waals surface area contributed by atoms with E-state index in [1.807, 2.05) is 6.92 Å². The number of halogens is 1. The van der Waals surface area contributed by atoms with Crippen molar-refractivity contribution in [2.24, 2.45) is 5.10 Å². The van der Waals surface area contributed by atoms with Gasteiger partial charge in [0.1, 0.15) is 11.5 Å². The van der Waals surface area contributed by atoms with E-state index in [9.17, 15) is 9.59 Å². The lowest BCUT2D eigenvalue weighted by Gasteiger charge is -2.07. The molecule has 0 atom stereocenters. The van der Waals surface area contributed by atoms with Gasteiger partial charge in [-0.05, 0) is 55.5 Å². The van der Waals surface area contributed by atoms with E-state index in [4.69, 9.17) is 16.0 Å². The van der Waals surface area contributed by atoms with E-state index in [-0.39, 0.29) is 5.91 Å². The van der Waals surface area contributed by atoms with Crippen LogP contribution >= 0.6 is 11.6 Å². The lowest BCUT2D eigenvalue weighted by molar-refractivity contribution is 0.0953. The molecule has 6 nitrogen and oxygen atoms in total. The standard InChI is InChI=1S/C20H16ClN3O3/c1-13-8-9-18(27-13)12-22-24-20(26)15-5-3-7-17(11-15)23-19(25)14-4-2-6-16(21)10-14/h2-12H,1H3,(H,23,25)(H,24,26)/b22-12+. The number of carbonyl (C=O) groups excluding carboxylic acids is 2. The van der Waals surface area contributed by atoms with Gasteiger partial charge in [-0.3, -0.25) is 9.59 Å². The first-order chi connectivity index (χ1) is 13.0. The van der Waals surface area contributed by atoms with Crippen molar-refractivity contribution in [3.8, 4) is 0 Å². The molecule has 0 aliphatic rings. The number of benzene rings is 2. The Morgan fingerprint density at radius 2 is 1.74 bits per heavy atom. The van der Waals surface area contributed by atoms with Gasteiger partial charge in [0, 0.05) is 21.8 Å². The molecule has 0 aliphatic carbocycles. The van der Waals surface area contributed by atoms with Crippen LogP contribution in [0.3, 0.4) is 0 Å². The van der Waals surface area contributed by atoms with Crippen LogP contribution in [0, 0.1) is 6.92 Å². The SMILES string of the molecule is Cc1ccc(/C=N/NC(=O)c2cccc(NC(=O)c3cccc(Cl)c3)c2)o1. The molecule has 2 amide bonds. The van der Waals surface area contributed by atoms with Crippen molar-refractivity contribution in [3.63, 3.8) is 0 Å². The van der Waals surface area contributed by atoms with Crippen molar-refractivity contribution in [2.45, 2.75) is 6.92 Å². The molecular formula is C20H16ClN3O3. The Balaban J connectivity index is 1.65. The van der Waals surface area contributed by atoms with Gasteiger partial charge in [0.05, 0.1) is 6.21 Å². The molecule has 0 radical (unpaired) electrons. The number of hydrazone groups is 1. The van der Waals surface area contributed by atoms with Crippen molar-refractivity contribution in [2.75, 3.05) is 5.32 Å². The largest absolute Gasteiger partial charge is 0.460 e. The molecule has 27 heavy (non-hydrogen) atoms. The van der Waals surface area contributed by atoms with Crippen LogP contribution in [0.5, 0.6) is 0 Å². The topological polar surface area (TPSA) is 83.7 Å². The number of rotatable bonds is 5. The zero-order valence-electron chi connectivity index (χ0n) is 14.4. The van der Waals surface area contributed by atoms with Gasteiger partial charge in [0.15, 0.2) is 0 Å². The Hall–Kier alpha value is -3.38. The first-order valence-electron chi connectivity index (χ1n) is 8.08. The molecule has 2 N–H and O–H groups in total. The summed E-state index contributed by atoms with van der Waals surface area (Å²) in [4.78, 5) is 24.5. The summed E-state index contributed by atoms with van der Waals surface area (Å²) in [6, 6.07) is 16.7. The van der Waals surface area contributed by atoms with Crippen LogP contribution in [-0.2, 0) is 0 Å². The number of hydrogen-bond acceptors (Lipinski definition) is 4. The number of carbonyl (C=O) groups is 2. The highest BCUT2D eigenvalue weighted by atomic mass is 35.5. The molecule has 0 bridgehead atoms. The minimum Gasteiger partial charge on any atom is -0.460 e. The Bertz CT molecular complexity index is 1010. The molecule has 0 aliphatic heterocycles. The number of aryl methyl sites for hydroxylation is 1. The highest BCUT2D eigenvalue weighted by Gasteiger charge is 2.09. The van der Waals surface area contributed by atoms with Crippen molar-refractivity contribution >= 4 is 35.3 Å². The molecule has 0 fully saturated rings. The highest BCUT2D eigenvalue weighted by Crippen LogP contribution is 2.15. The molecule has 3 rings (SSSR count). The van der Waals surface area contributed by atoms with E-state index in [0.29, 0.717) is 27.6 Å². The summed E-state index contributed by atoms with van der Waals surface area (Å²) in [5.41, 5.74) is 3.68. The Labute approximate surface area is 160 Å². The third kappa shape index (κ3) is 5.05. The van der Waals surface area contributed by atoms with Crippen LogP contribution in [0.4, 0.5) is 5.69 Å². The summed E-state index contributed by atoms with van der Waals surface area (Å²) in [5.74, 6) is 0.566. The van der Waals surface area contributed by atoms with Gasteiger partial charge in [-0.2, -0.15) is 5.10 Å². The van der Waals surface area contributed by atoms with Crippen LogP contribution in [-0.4, -0.2) is 18.0 Å². The Kier molecular flexibility index (Phi) is 5.68. The van der Waals surface area contributed by atoms with Crippen LogP contribution < -0.4 is 10.7 Å². The summed E-state index contributed by atoms with van der Waals surface area (Å²) in [7, 11) is 0. The predicted octanol–water partition coefficient (Wildman–Crippen LogP) is 4.26. The van der Waals surface area contributed by atoms with Gasteiger partial charge in [0.2, 0.25) is 0 Å². The van der Waals surface area contributed by atoms with Gasteiger partial charge in [-0.25, -0.2) is 5.43 Å². The normalized spacial score (nSPS) is 10.7. The first kappa shape index (κ1) is 18.4. The maximum atomic E-state index is 12.3. The van der Waals surface area contributed by atoms with Gasteiger partial charge in [0.25, 0.3) is 11.8 Å². The smallest absolute Gasteiger partial charge is 0.271 e. The fourth-order valence-corrected chi connectivity index (χ4v) is 2.50. The molecule has 0 unspecified atom stereocenters. The number of nitrogens with zero attached hydrogens (tertiary/aromatic N) is 1. The zero-order valence-corrected chi connectivity index (χ0v) is 15.2. The molecule has 7 heteroatoms. The van der Waals surface area contributed by atoms with Gasteiger partial charge in [-0.1, -0.05) is 23.7 Å². The fourth-order valence-electron chi connectivity index (χ4n) is 2.31. The van der Waals surface area contributed by atoms with E-state index < -0.39 is 5.91 Å². The zero-order chi connectivity index (χ0) is 19.2. The molecule has 136 valence electrons. The Morgan fingerprint density at radius 3 is 2.44 bits per heavy atom. The van der Waals surface area contributed by atoms with E-state index in [1.165, 1.54) is 6.21 Å². The number of anilines is 1. The van der Waals surface area contributed by atoms with Gasteiger partial charge < -0.3 is 9.73 Å². The molecule has 0 saturated heterocycles. The predicted molar refractivity (Wildman–Crippen MR) is 104 cm³/mol. The third-order valence-corrected chi connectivity index (χ3v) is 3.82. The minimum absolute atomic E-state index is 0.318. The van der Waals surface area contributed by atoms with E-state index in [1.54, 1.807) is 60.7 Å². The van der Waals surface area contributed by atoms with Crippen LogP contribution in [0.15, 0.2) is 70.2 Å². The third-order valence-electron chi connectivity index (χ3n) is 3.59. The molecule has 1 aromatic heterocycles. The van der Waals surface area contributed by atoms with E-state index in [0.717, 1.165) is 5.76 Å². The van der Waals surface area contributed by atoms with E-state index >= 15 is 0 Å². The monoisotopic (exact) mass is 381 g/mol. The van der Waals surface area contributed by atoms with Crippen molar-refractivity contribution in [3.05, 3.63) is 88.3 Å². The average Bonchev–Trinajstić information content (AvgIpc) is 3.07. The van der Waals surface area contributed by atoms with Crippen molar-refractivity contribution < 1.29 is 14.0 Å². The lowest BCUT2D eigenvalue weighted by atomic mass is 10.1. The second-order valence-electron chi connectivity index (χ2n) is 5.69. The number of hydrogen-bond donors (Lipinski definition) is 2. The van der Waals surface area contributed by atoms with E-state index in [2.05, 4.69) is 15.8 Å². The number of nitrogens with one attached hydrogen (secondary N) is 2. The summed E-state index contributed by atoms with van der Waals surface area (Å²) in [6.07, 6.45) is 1.41. The van der Waals surface area contributed by atoms with Gasteiger partial charge in [-0.15, -0.1) is 0 Å². The van der Waals surface area contributed by atoms with Crippen molar-refractivity contribution in [1.29, 1.82) is 0 Å². The summed E-state index contributed by atoms with van der Waals surface area (Å²) in [5, 5.41) is 7.07. The summed E-state index contributed by atoms with van der Waals surface area (Å²) < 4.78 is 5.33. The maximum absolute atomic E-state index is 12.3. The van der Waals surface area contributed by atoms with Crippen LogP contribution in [0.2, 0.25) is 5.02 Å². The minimum atomic E-state index is -0.409. The molecule has 0 spiro atoms. The van der Waals surface area contributed by atoms with Crippen molar-refractivity contribution in [1.82, 2.24) is 5.43 Å². The maximum Gasteiger partial charge on any atom is 0.271 e. The first-order valence-corrected chi connectivity index (χ1v) is 8.46. The summed E-state index contributed by atoms with van der Waals surface area (Å²) >= 11 is 5.90. The van der Waals surface area contributed by atoms with Gasteiger partial charge >= 0.3 is 0 Å². The molecule has 0 saturated carbocycles. The fraction of sp³-hybridized carbons (Fsp3) is 0.0500. The Morgan fingerprint density at radius 1 is 1.00 bits per heavy atom. The summed E-state index contributed by atoms with van der Waals surface area (Å²) in [6.45, 7) is 1.82. The van der Waals surface area contributed by atoms with Crippen LogP contribution in [0.1, 0.15) is 32.2 Å². The van der Waals surface area contributed by atoms with Crippen LogP contribution in [0.25, 0.3) is 0 Å². The second-order valence-corrected chi connectivity index (χ2v) is 6.13.